The Balaban J connectivity index is 0.000000845. The van der Waals surface area contributed by atoms with Gasteiger partial charge >= 0.3 is 5.97 Å². The molecule has 3 N–H and O–H groups in total. The molecule has 1 aliphatic carbocycles. The van der Waals surface area contributed by atoms with Gasteiger partial charge in [0.05, 0.1) is 18.1 Å². The average molecular weight is 208 g/mol. The minimum Gasteiger partial charge on any atom is -0.481 e. The zero-order valence-corrected chi connectivity index (χ0v) is 8.05. The number of carboxylic acids is 1. The van der Waals surface area contributed by atoms with Crippen molar-refractivity contribution in [1.29, 1.82) is 0 Å². The van der Waals surface area contributed by atoms with E-state index >= 15 is 0 Å². The van der Waals surface area contributed by atoms with Crippen molar-refractivity contribution >= 4 is 18.4 Å². The maximum Gasteiger partial charge on any atom is 0.309 e. The van der Waals surface area contributed by atoms with Crippen LogP contribution in [0.25, 0.3) is 0 Å². The molecule has 13 heavy (non-hydrogen) atoms. The van der Waals surface area contributed by atoms with Crippen molar-refractivity contribution in [3.63, 3.8) is 0 Å². The number of ether oxygens (including phenoxy) is 1. The van der Waals surface area contributed by atoms with E-state index in [0.29, 0.717) is 19.1 Å². The molecule has 0 aromatic carbocycles. The maximum absolute atomic E-state index is 10.7. The third kappa shape index (κ3) is 1.54. The second-order valence-electron chi connectivity index (χ2n) is 3.81. The number of aliphatic carboxylic acids is 1. The van der Waals surface area contributed by atoms with Crippen molar-refractivity contribution < 1.29 is 14.6 Å². The molecular formula is C8H14ClNO3. The van der Waals surface area contributed by atoms with Crippen LogP contribution in [0.5, 0.6) is 0 Å². The molecule has 2 aliphatic heterocycles. The summed E-state index contributed by atoms with van der Waals surface area (Å²) < 4.78 is 5.45. The fourth-order valence-electron chi connectivity index (χ4n) is 2.20. The van der Waals surface area contributed by atoms with Crippen molar-refractivity contribution in [3.05, 3.63) is 0 Å². The van der Waals surface area contributed by atoms with Gasteiger partial charge in [0.1, 0.15) is 0 Å². The highest BCUT2D eigenvalue weighted by Gasteiger charge is 2.53. The number of hydrogen-bond acceptors (Lipinski definition) is 3. The van der Waals surface area contributed by atoms with Crippen LogP contribution in [-0.2, 0) is 9.53 Å². The highest BCUT2D eigenvalue weighted by molar-refractivity contribution is 5.85. The number of nitrogens with two attached hydrogens (primary N) is 1. The van der Waals surface area contributed by atoms with E-state index < -0.39 is 5.97 Å². The van der Waals surface area contributed by atoms with Crippen LogP contribution in [0.15, 0.2) is 0 Å². The predicted octanol–water partition coefficient (Wildman–Crippen LogP) is 0.247. The molecule has 3 rings (SSSR count). The fraction of sp³-hybridized carbons (Fsp3) is 0.875. The first-order valence-electron chi connectivity index (χ1n) is 4.24. The molecule has 3 aliphatic rings. The molecule has 2 bridgehead atoms. The third-order valence-electron chi connectivity index (χ3n) is 3.10. The summed E-state index contributed by atoms with van der Waals surface area (Å²) in [5, 5.41) is 8.78. The van der Waals surface area contributed by atoms with Crippen molar-refractivity contribution in [1.82, 2.24) is 0 Å². The first-order valence-corrected chi connectivity index (χ1v) is 4.24. The van der Waals surface area contributed by atoms with Crippen molar-refractivity contribution in [2.24, 2.45) is 17.6 Å². The highest BCUT2D eigenvalue weighted by atomic mass is 35.5. The van der Waals surface area contributed by atoms with Gasteiger partial charge in [-0.05, 0) is 18.8 Å². The summed E-state index contributed by atoms with van der Waals surface area (Å²) in [6, 6.07) is 0. The van der Waals surface area contributed by atoms with E-state index in [-0.39, 0.29) is 23.9 Å². The molecule has 4 nitrogen and oxygen atoms in total. The van der Waals surface area contributed by atoms with Gasteiger partial charge in [-0.1, -0.05) is 0 Å². The van der Waals surface area contributed by atoms with Gasteiger partial charge < -0.3 is 15.6 Å². The highest BCUT2D eigenvalue weighted by Crippen LogP contribution is 2.49. The molecule has 0 radical (unpaired) electrons. The molecule has 1 atom stereocenters. The molecule has 76 valence electrons. The topological polar surface area (TPSA) is 72.6 Å². The van der Waals surface area contributed by atoms with Crippen LogP contribution in [-0.4, -0.2) is 29.8 Å². The summed E-state index contributed by atoms with van der Waals surface area (Å²) in [5.41, 5.74) is 5.37. The first-order chi connectivity index (χ1) is 5.67. The summed E-state index contributed by atoms with van der Waals surface area (Å²) in [7, 11) is 0. The molecule has 3 fully saturated rings. The van der Waals surface area contributed by atoms with Crippen molar-refractivity contribution in [3.8, 4) is 0 Å². The van der Waals surface area contributed by atoms with Gasteiger partial charge in [-0.2, -0.15) is 0 Å². The minimum atomic E-state index is -0.731. The average Bonchev–Trinajstić information content (AvgIpc) is 2.02. The van der Waals surface area contributed by atoms with Gasteiger partial charge in [0.2, 0.25) is 0 Å². The van der Waals surface area contributed by atoms with E-state index in [1.807, 2.05) is 0 Å². The number of fused-ring (bicyclic) bond motifs is 2. The minimum absolute atomic E-state index is 0. The quantitative estimate of drug-likeness (QED) is 0.681. The van der Waals surface area contributed by atoms with Gasteiger partial charge in [0.15, 0.2) is 0 Å². The lowest BCUT2D eigenvalue weighted by Gasteiger charge is -2.53. The van der Waals surface area contributed by atoms with Gasteiger partial charge in [0, 0.05) is 6.54 Å². The summed E-state index contributed by atoms with van der Waals surface area (Å²) in [6.07, 6.45) is 1.67. The lowest BCUT2D eigenvalue weighted by atomic mass is 9.63. The Morgan fingerprint density at radius 2 is 2.23 bits per heavy atom. The van der Waals surface area contributed by atoms with E-state index in [4.69, 9.17) is 15.6 Å². The predicted molar refractivity (Wildman–Crippen MR) is 48.8 cm³/mol. The summed E-state index contributed by atoms with van der Waals surface area (Å²) in [4.78, 5) is 10.7. The molecule has 2 saturated heterocycles. The Morgan fingerprint density at radius 3 is 2.54 bits per heavy atom. The monoisotopic (exact) mass is 207 g/mol. The van der Waals surface area contributed by atoms with Crippen LogP contribution >= 0.6 is 12.4 Å². The Morgan fingerprint density at radius 1 is 1.62 bits per heavy atom. The SMILES string of the molecule is Cl.NCC12CC(C1)C(C(=O)O)CO2. The molecule has 1 unspecified atom stereocenters. The molecule has 5 heteroatoms. The Bertz CT molecular complexity index is 210. The number of carboxylic acid groups (broad SMARTS) is 1. The van der Waals surface area contributed by atoms with Gasteiger partial charge in [-0.25, -0.2) is 0 Å². The van der Waals surface area contributed by atoms with Gasteiger partial charge in [0.25, 0.3) is 0 Å². The Labute approximate surface area is 82.8 Å². The Kier molecular flexibility index (Phi) is 2.85. The van der Waals surface area contributed by atoms with Crippen molar-refractivity contribution in [2.45, 2.75) is 18.4 Å². The van der Waals surface area contributed by atoms with E-state index in [1.54, 1.807) is 0 Å². The van der Waals surface area contributed by atoms with Crippen LogP contribution < -0.4 is 5.73 Å². The zero-order valence-electron chi connectivity index (χ0n) is 7.23. The second-order valence-corrected chi connectivity index (χ2v) is 3.81. The number of hydrogen-bond donors (Lipinski definition) is 2. The molecule has 2 heterocycles. The molecule has 1 saturated carbocycles. The fourth-order valence-corrected chi connectivity index (χ4v) is 2.20. The van der Waals surface area contributed by atoms with Crippen LogP contribution in [0.1, 0.15) is 12.8 Å². The Hall–Kier alpha value is -0.320. The number of halogens is 1. The van der Waals surface area contributed by atoms with Gasteiger partial charge in [-0.3, -0.25) is 4.79 Å². The first kappa shape index (κ1) is 10.8. The second kappa shape index (κ2) is 3.44. The zero-order chi connectivity index (χ0) is 8.77. The third-order valence-corrected chi connectivity index (χ3v) is 3.10. The van der Waals surface area contributed by atoms with E-state index in [2.05, 4.69) is 0 Å². The lowest BCUT2D eigenvalue weighted by Crippen LogP contribution is -2.60. The lowest BCUT2D eigenvalue weighted by molar-refractivity contribution is -0.209. The van der Waals surface area contributed by atoms with Crippen LogP contribution in [0.4, 0.5) is 0 Å². The molecule has 0 spiro atoms. The maximum atomic E-state index is 10.7. The number of rotatable bonds is 2. The van der Waals surface area contributed by atoms with Crippen LogP contribution in [0.3, 0.4) is 0 Å². The summed E-state index contributed by atoms with van der Waals surface area (Å²) >= 11 is 0. The molecule has 0 amide bonds. The summed E-state index contributed by atoms with van der Waals surface area (Å²) in [5.74, 6) is -0.719. The largest absolute Gasteiger partial charge is 0.481 e. The molecule has 0 aromatic rings. The van der Waals surface area contributed by atoms with E-state index in [0.717, 1.165) is 12.8 Å². The van der Waals surface area contributed by atoms with Crippen molar-refractivity contribution in [2.75, 3.05) is 13.2 Å². The van der Waals surface area contributed by atoms with Crippen LogP contribution in [0.2, 0.25) is 0 Å². The molecular weight excluding hydrogens is 194 g/mol. The normalized spacial score (nSPS) is 41.6. The van der Waals surface area contributed by atoms with Crippen LogP contribution in [0, 0.1) is 11.8 Å². The van der Waals surface area contributed by atoms with E-state index in [9.17, 15) is 4.79 Å². The van der Waals surface area contributed by atoms with E-state index in [1.165, 1.54) is 0 Å². The smallest absolute Gasteiger partial charge is 0.309 e. The molecule has 0 aromatic heterocycles. The summed E-state index contributed by atoms with van der Waals surface area (Å²) in [6.45, 7) is 0.868. The van der Waals surface area contributed by atoms with Gasteiger partial charge in [-0.15, -0.1) is 12.4 Å². The standard InChI is InChI=1S/C8H13NO3.ClH/c9-4-8-1-5(2-8)6(3-12-8)7(10)11;/h5-6H,1-4,9H2,(H,10,11);1H. The number of carbonyl (C=O) groups is 1.